The molecule has 3 aromatic rings. The molecule has 13 nitrogen and oxygen atoms in total. The topological polar surface area (TPSA) is 181 Å². The number of hydrogen-bond acceptors (Lipinski definition) is 12. The van der Waals surface area contributed by atoms with Crippen LogP contribution in [0.1, 0.15) is 48.5 Å². The largest absolute Gasteiger partial charge is 0.475 e. The van der Waals surface area contributed by atoms with E-state index in [1.165, 1.54) is 31.1 Å². The summed E-state index contributed by atoms with van der Waals surface area (Å²) in [5.74, 6) is 0.0575. The molecule has 36 heavy (non-hydrogen) atoms. The maximum absolute atomic E-state index is 13.2. The quantitative estimate of drug-likeness (QED) is 0.318. The number of imidazole rings is 1. The first-order valence-corrected chi connectivity index (χ1v) is 12.7. The van der Waals surface area contributed by atoms with E-state index in [4.69, 9.17) is 24.0 Å². The maximum atomic E-state index is 13.2. The van der Waals surface area contributed by atoms with Crippen LogP contribution in [0.5, 0.6) is 0 Å². The van der Waals surface area contributed by atoms with Crippen LogP contribution in [0.15, 0.2) is 36.9 Å². The van der Waals surface area contributed by atoms with Crippen LogP contribution in [0.4, 0.5) is 5.82 Å². The van der Waals surface area contributed by atoms with Gasteiger partial charge in [0, 0.05) is 12.0 Å². The zero-order valence-corrected chi connectivity index (χ0v) is 20.4. The van der Waals surface area contributed by atoms with Gasteiger partial charge in [-0.2, -0.15) is 0 Å². The number of rotatable bonds is 6. The number of aliphatic hydroxyl groups excluding tert-OH is 1. The third-order valence-electron chi connectivity index (χ3n) is 6.34. The maximum Gasteiger partial charge on any atom is 0.475 e. The molecule has 0 aliphatic carbocycles. The van der Waals surface area contributed by atoms with Gasteiger partial charge in [-0.05, 0) is 25.5 Å². The molecule has 4 N–H and O–H groups in total. The van der Waals surface area contributed by atoms with Crippen molar-refractivity contribution >= 4 is 30.6 Å². The third kappa shape index (κ3) is 4.43. The Labute approximate surface area is 205 Å². The highest BCUT2D eigenvalue weighted by atomic mass is 31.2. The van der Waals surface area contributed by atoms with E-state index in [2.05, 4.69) is 15.0 Å². The highest BCUT2D eigenvalue weighted by molar-refractivity contribution is 7.48. The number of fused-ring (bicyclic) bond motifs is 1. The first-order chi connectivity index (χ1) is 17.1. The van der Waals surface area contributed by atoms with Crippen LogP contribution < -0.4 is 5.73 Å². The fourth-order valence-electron chi connectivity index (χ4n) is 4.35. The lowest BCUT2D eigenvalue weighted by Crippen LogP contribution is -2.44. The Balaban J connectivity index is 1.30. The predicted molar refractivity (Wildman–Crippen MR) is 125 cm³/mol. The average molecular weight is 519 g/mol. The van der Waals surface area contributed by atoms with E-state index in [-0.39, 0.29) is 18.2 Å². The minimum Gasteiger partial charge on any atom is -0.387 e. The number of ketones is 1. The molecule has 2 aromatic heterocycles. The SMILES string of the molecule is CC(=O)c1cccc([C@@H]2CCO[P@](=O)(OC[C@H]3O[C@@H](n4cnc5c(N)ncnc54)[C@](C)(O)[C@@H]3O)O2)c1. The number of anilines is 1. The van der Waals surface area contributed by atoms with Crippen molar-refractivity contribution in [2.75, 3.05) is 18.9 Å². The molecule has 0 bridgehead atoms. The molecule has 2 aliphatic heterocycles. The van der Waals surface area contributed by atoms with E-state index in [1.807, 2.05) is 0 Å². The highest BCUT2D eigenvalue weighted by Crippen LogP contribution is 2.57. The number of hydrogen-bond donors (Lipinski definition) is 3. The molecule has 0 radical (unpaired) electrons. The van der Waals surface area contributed by atoms with Crippen LogP contribution in [0, 0.1) is 0 Å². The summed E-state index contributed by atoms with van der Waals surface area (Å²) in [6, 6.07) is 6.86. The molecule has 2 saturated heterocycles. The van der Waals surface area contributed by atoms with Crippen molar-refractivity contribution in [2.24, 2.45) is 0 Å². The molecule has 5 rings (SSSR count). The molecule has 2 aliphatic rings. The number of nitrogens with zero attached hydrogens (tertiary/aromatic N) is 4. The zero-order valence-electron chi connectivity index (χ0n) is 19.6. The fraction of sp³-hybridized carbons (Fsp3) is 0.455. The van der Waals surface area contributed by atoms with E-state index in [0.717, 1.165) is 0 Å². The second kappa shape index (κ2) is 9.27. The number of aromatic nitrogens is 4. The summed E-state index contributed by atoms with van der Waals surface area (Å²) in [5, 5.41) is 21.8. The van der Waals surface area contributed by atoms with E-state index in [1.54, 1.807) is 24.3 Å². The van der Waals surface area contributed by atoms with E-state index in [0.29, 0.717) is 28.7 Å². The number of carbonyl (C=O) groups is 1. The molecule has 2 fully saturated rings. The summed E-state index contributed by atoms with van der Waals surface area (Å²) in [6.07, 6.45) is -1.18. The van der Waals surface area contributed by atoms with Gasteiger partial charge in [0.15, 0.2) is 23.5 Å². The summed E-state index contributed by atoms with van der Waals surface area (Å²) in [4.78, 5) is 23.9. The van der Waals surface area contributed by atoms with Gasteiger partial charge in [-0.15, -0.1) is 0 Å². The van der Waals surface area contributed by atoms with Gasteiger partial charge < -0.3 is 20.7 Å². The smallest absolute Gasteiger partial charge is 0.387 e. The second-order valence-electron chi connectivity index (χ2n) is 8.92. The van der Waals surface area contributed by atoms with Gasteiger partial charge >= 0.3 is 7.82 Å². The summed E-state index contributed by atoms with van der Waals surface area (Å²) < 4.78 is 37.0. The van der Waals surface area contributed by atoms with Gasteiger partial charge in [0.2, 0.25) is 0 Å². The molecule has 0 amide bonds. The van der Waals surface area contributed by atoms with Gasteiger partial charge in [0.1, 0.15) is 29.7 Å². The van der Waals surface area contributed by atoms with E-state index >= 15 is 0 Å². The first kappa shape index (κ1) is 24.9. The van der Waals surface area contributed by atoms with Crippen LogP contribution in [-0.4, -0.2) is 66.5 Å². The summed E-state index contributed by atoms with van der Waals surface area (Å²) in [6.45, 7) is 2.56. The van der Waals surface area contributed by atoms with Crippen molar-refractivity contribution in [3.8, 4) is 0 Å². The van der Waals surface area contributed by atoms with Crippen LogP contribution in [0.25, 0.3) is 11.2 Å². The molecule has 192 valence electrons. The van der Waals surface area contributed by atoms with Crippen molar-refractivity contribution in [2.45, 2.75) is 50.4 Å². The van der Waals surface area contributed by atoms with Crippen LogP contribution in [0.3, 0.4) is 0 Å². The zero-order chi connectivity index (χ0) is 25.7. The van der Waals surface area contributed by atoms with Crippen LogP contribution >= 0.6 is 7.82 Å². The number of phosphoric ester groups is 1. The van der Waals surface area contributed by atoms with E-state index in [9.17, 15) is 19.6 Å². The molecule has 1 aromatic carbocycles. The van der Waals surface area contributed by atoms with Gasteiger partial charge in [0.05, 0.1) is 25.6 Å². The molecular weight excluding hydrogens is 493 g/mol. The molecule has 0 saturated carbocycles. The number of Topliss-reactive ketones (excluding diaryl/α,β-unsaturated/α-hetero) is 1. The Morgan fingerprint density at radius 1 is 1.36 bits per heavy atom. The minimum absolute atomic E-state index is 0.0999. The summed E-state index contributed by atoms with van der Waals surface area (Å²) in [5.41, 5.74) is 5.86. The molecule has 6 atom stereocenters. The highest BCUT2D eigenvalue weighted by Gasteiger charge is 2.54. The Kier molecular flexibility index (Phi) is 6.41. The fourth-order valence-corrected chi connectivity index (χ4v) is 5.74. The summed E-state index contributed by atoms with van der Waals surface area (Å²) in [7, 11) is -4.03. The van der Waals surface area contributed by atoms with E-state index < -0.39 is 44.6 Å². The Bertz CT molecular complexity index is 1350. The number of aliphatic hydroxyl groups is 2. The number of benzene rings is 1. The first-order valence-electron chi connectivity index (χ1n) is 11.3. The predicted octanol–water partition coefficient (Wildman–Crippen LogP) is 1.92. The molecular formula is C22H26N5O8P. The van der Waals surface area contributed by atoms with Crippen molar-refractivity contribution in [1.29, 1.82) is 0 Å². The lowest BCUT2D eigenvalue weighted by molar-refractivity contribution is -0.0953. The third-order valence-corrected chi connectivity index (χ3v) is 7.82. The van der Waals surface area contributed by atoms with Crippen molar-refractivity contribution in [3.63, 3.8) is 0 Å². The Morgan fingerprint density at radius 2 is 2.17 bits per heavy atom. The second-order valence-corrected chi connectivity index (χ2v) is 10.5. The van der Waals surface area contributed by atoms with Crippen molar-refractivity contribution in [1.82, 2.24) is 19.5 Å². The van der Waals surface area contributed by atoms with Crippen molar-refractivity contribution in [3.05, 3.63) is 48.0 Å². The monoisotopic (exact) mass is 519 g/mol. The van der Waals surface area contributed by atoms with Crippen LogP contribution in [-0.2, 0) is 22.9 Å². The number of phosphoric acid groups is 1. The lowest BCUT2D eigenvalue weighted by Gasteiger charge is -2.30. The standard InChI is InChI=1S/C22H26N5O8P/c1-12(28)13-4-3-5-14(8-13)15-6-7-32-36(31,35-15)33-9-16-18(29)22(2,30)21(34-16)27-11-26-17-19(23)24-10-25-20(17)27/h3-5,8,10-11,15-16,18,21,29-30H,6-7,9H2,1-2H3,(H2,23,24,25)/t15-,16+,18+,21+,22+,36+/m0/s1. The average Bonchev–Trinajstić information content (AvgIpc) is 3.37. The number of nitrogens with two attached hydrogens (primary N) is 1. The lowest BCUT2D eigenvalue weighted by atomic mass is 9.96. The van der Waals surface area contributed by atoms with Gasteiger partial charge in [-0.3, -0.25) is 22.9 Å². The molecule has 0 unspecified atom stereocenters. The molecule has 0 spiro atoms. The Hall–Kier alpha value is -2.77. The minimum atomic E-state index is -4.03. The van der Waals surface area contributed by atoms with Gasteiger partial charge in [-0.1, -0.05) is 18.2 Å². The molecule has 14 heteroatoms. The number of nitrogen functional groups attached to an aromatic ring is 1. The number of ether oxygens (including phenoxy) is 1. The Morgan fingerprint density at radius 3 is 2.94 bits per heavy atom. The normalized spacial score (nSPS) is 32.7. The molecule has 4 heterocycles. The van der Waals surface area contributed by atoms with Crippen molar-refractivity contribution < 1.29 is 37.9 Å². The number of carbonyl (C=O) groups excluding carboxylic acids is 1. The summed E-state index contributed by atoms with van der Waals surface area (Å²) >= 11 is 0. The van der Waals surface area contributed by atoms with Gasteiger partial charge in [0.25, 0.3) is 0 Å². The van der Waals surface area contributed by atoms with Gasteiger partial charge in [-0.25, -0.2) is 19.5 Å². The van der Waals surface area contributed by atoms with Crippen LogP contribution in [0.2, 0.25) is 0 Å².